The highest BCUT2D eigenvalue weighted by Gasteiger charge is 2.59. The summed E-state index contributed by atoms with van der Waals surface area (Å²) < 4.78 is 15.8. The molecule has 0 aliphatic heterocycles. The molecule has 4 aromatic rings. The zero-order valence-electron chi connectivity index (χ0n) is 16.9. The first-order valence-corrected chi connectivity index (χ1v) is 10.3. The van der Waals surface area contributed by atoms with Gasteiger partial charge in [0, 0.05) is 30.8 Å². The number of amides is 1. The van der Waals surface area contributed by atoms with E-state index in [9.17, 15) is 9.18 Å². The van der Waals surface area contributed by atoms with Gasteiger partial charge in [-0.25, -0.2) is 19.3 Å². The number of nitrogens with zero attached hydrogens (tertiary/aromatic N) is 5. The molecule has 0 unspecified atom stereocenters. The molecule has 0 saturated heterocycles. The summed E-state index contributed by atoms with van der Waals surface area (Å²) in [4.78, 5) is 29.2. The monoisotopic (exact) mass is 417 g/mol. The molecule has 1 amide bonds. The van der Waals surface area contributed by atoms with Gasteiger partial charge in [-0.05, 0) is 54.5 Å². The Balaban J connectivity index is 1.24. The molecule has 2 bridgehead atoms. The number of rotatable bonds is 5. The van der Waals surface area contributed by atoms with Gasteiger partial charge in [-0.3, -0.25) is 9.48 Å². The number of benzene rings is 1. The predicted molar refractivity (Wildman–Crippen MR) is 110 cm³/mol. The Bertz CT molecular complexity index is 1320. The Morgan fingerprint density at radius 3 is 2.81 bits per heavy atom. The standard InChI is InChI=1S/C22H20FN7O/c1-30-10-15(9-27-30)14-2-12(3-16(23)4-14)8-24-20(31)18-17-19(26-11-25-18)29-21(28-17)22-5-13(6-22)7-22/h2-4,9-11,13H,5-8H2,1H3,(H,24,31)(H,25,26,28,29). The third kappa shape index (κ3) is 2.91. The van der Waals surface area contributed by atoms with Crippen molar-refractivity contribution in [1.29, 1.82) is 0 Å². The lowest BCUT2D eigenvalue weighted by Crippen LogP contribution is -2.55. The molecule has 3 aliphatic rings. The Labute approximate surface area is 176 Å². The summed E-state index contributed by atoms with van der Waals surface area (Å²) in [7, 11) is 1.81. The van der Waals surface area contributed by atoms with E-state index in [0.717, 1.165) is 36.6 Å². The predicted octanol–water partition coefficient (Wildman–Crippen LogP) is 2.87. The summed E-state index contributed by atoms with van der Waals surface area (Å²) in [6, 6.07) is 4.70. The van der Waals surface area contributed by atoms with Crippen molar-refractivity contribution >= 4 is 17.1 Å². The highest BCUT2D eigenvalue weighted by Crippen LogP contribution is 2.64. The SMILES string of the molecule is Cn1cc(-c2cc(F)cc(CNC(=O)c3ncnc4nc(C56CC(C5)C6)[nH]c34)c2)cn1. The summed E-state index contributed by atoms with van der Waals surface area (Å²) in [5.41, 5.74) is 3.61. The lowest BCUT2D eigenvalue weighted by molar-refractivity contribution is -0.0337. The van der Waals surface area contributed by atoms with Crippen molar-refractivity contribution in [2.24, 2.45) is 13.0 Å². The topological polar surface area (TPSA) is 101 Å². The number of aromatic nitrogens is 6. The van der Waals surface area contributed by atoms with E-state index >= 15 is 0 Å². The van der Waals surface area contributed by atoms with Crippen LogP contribution in [0, 0.1) is 11.7 Å². The van der Waals surface area contributed by atoms with Crippen LogP contribution in [0.3, 0.4) is 0 Å². The second-order valence-electron chi connectivity index (χ2n) is 8.70. The molecule has 0 spiro atoms. The summed E-state index contributed by atoms with van der Waals surface area (Å²) in [5.74, 6) is 1.01. The maximum atomic E-state index is 14.2. The number of carbonyl (C=O) groups excluding carboxylic acids is 1. The van der Waals surface area contributed by atoms with E-state index in [2.05, 4.69) is 30.4 Å². The molecular weight excluding hydrogens is 397 g/mol. The molecule has 9 heteroatoms. The van der Waals surface area contributed by atoms with Crippen LogP contribution in [0.4, 0.5) is 4.39 Å². The molecule has 3 aromatic heterocycles. The van der Waals surface area contributed by atoms with Crippen LogP contribution in [-0.2, 0) is 19.0 Å². The van der Waals surface area contributed by atoms with Gasteiger partial charge in [0.25, 0.3) is 5.91 Å². The minimum atomic E-state index is -0.369. The first-order chi connectivity index (χ1) is 15.0. The van der Waals surface area contributed by atoms with Crippen molar-refractivity contribution in [1.82, 2.24) is 35.0 Å². The Morgan fingerprint density at radius 2 is 2.10 bits per heavy atom. The van der Waals surface area contributed by atoms with E-state index in [1.54, 1.807) is 17.9 Å². The van der Waals surface area contributed by atoms with Crippen LogP contribution < -0.4 is 5.32 Å². The molecule has 1 aromatic carbocycles. The van der Waals surface area contributed by atoms with Gasteiger partial charge in [-0.2, -0.15) is 5.10 Å². The molecule has 31 heavy (non-hydrogen) atoms. The second kappa shape index (κ2) is 6.44. The van der Waals surface area contributed by atoms with E-state index in [-0.39, 0.29) is 29.4 Å². The molecule has 7 rings (SSSR count). The van der Waals surface area contributed by atoms with Crippen LogP contribution in [0.1, 0.15) is 41.1 Å². The van der Waals surface area contributed by atoms with Gasteiger partial charge in [-0.1, -0.05) is 0 Å². The zero-order valence-corrected chi connectivity index (χ0v) is 16.9. The minimum absolute atomic E-state index is 0.142. The van der Waals surface area contributed by atoms with Crippen molar-refractivity contribution in [3.05, 3.63) is 59.8 Å². The van der Waals surface area contributed by atoms with E-state index in [1.165, 1.54) is 18.5 Å². The molecule has 8 nitrogen and oxygen atoms in total. The normalized spacial score (nSPS) is 21.5. The van der Waals surface area contributed by atoms with Gasteiger partial charge in [0.1, 0.15) is 23.5 Å². The second-order valence-corrected chi connectivity index (χ2v) is 8.70. The molecule has 156 valence electrons. The van der Waals surface area contributed by atoms with Crippen molar-refractivity contribution < 1.29 is 9.18 Å². The molecule has 0 radical (unpaired) electrons. The lowest BCUT2D eigenvalue weighted by atomic mass is 9.44. The number of aromatic amines is 1. The Hall–Kier alpha value is -3.62. The van der Waals surface area contributed by atoms with Gasteiger partial charge in [0.05, 0.1) is 6.20 Å². The number of H-pyrrole nitrogens is 1. The number of fused-ring (bicyclic) bond motifs is 1. The fraction of sp³-hybridized carbons (Fsp3) is 0.318. The van der Waals surface area contributed by atoms with Crippen molar-refractivity contribution in [2.45, 2.75) is 31.2 Å². The first-order valence-electron chi connectivity index (χ1n) is 10.3. The molecule has 3 saturated carbocycles. The number of hydrogen-bond donors (Lipinski definition) is 2. The Morgan fingerprint density at radius 1 is 1.26 bits per heavy atom. The fourth-order valence-electron chi connectivity index (χ4n) is 4.78. The summed E-state index contributed by atoms with van der Waals surface area (Å²) in [5, 5.41) is 6.97. The van der Waals surface area contributed by atoms with E-state index in [0.29, 0.717) is 22.3 Å². The molecule has 3 fully saturated rings. The van der Waals surface area contributed by atoms with Gasteiger partial charge in [0.2, 0.25) is 0 Å². The van der Waals surface area contributed by atoms with Gasteiger partial charge >= 0.3 is 0 Å². The third-order valence-electron chi connectivity index (χ3n) is 6.49. The number of halogens is 1. The number of carbonyl (C=O) groups is 1. The number of hydrogen-bond acceptors (Lipinski definition) is 5. The number of nitrogens with one attached hydrogen (secondary N) is 2. The average Bonchev–Trinajstić information content (AvgIpc) is 3.29. The van der Waals surface area contributed by atoms with Crippen LogP contribution in [0.5, 0.6) is 0 Å². The summed E-state index contributed by atoms with van der Waals surface area (Å²) >= 11 is 0. The fourth-order valence-corrected chi connectivity index (χ4v) is 4.78. The quantitative estimate of drug-likeness (QED) is 0.520. The zero-order chi connectivity index (χ0) is 21.2. The molecule has 2 N–H and O–H groups in total. The minimum Gasteiger partial charge on any atom is -0.347 e. The highest BCUT2D eigenvalue weighted by atomic mass is 19.1. The highest BCUT2D eigenvalue weighted by molar-refractivity contribution is 6.02. The number of imidazole rings is 1. The van der Waals surface area contributed by atoms with E-state index < -0.39 is 0 Å². The maximum Gasteiger partial charge on any atom is 0.272 e. The molecular formula is C22H20FN7O. The van der Waals surface area contributed by atoms with Gasteiger partial charge in [0.15, 0.2) is 11.3 Å². The van der Waals surface area contributed by atoms with Crippen LogP contribution in [0.2, 0.25) is 0 Å². The maximum absolute atomic E-state index is 14.2. The van der Waals surface area contributed by atoms with Crippen molar-refractivity contribution in [3.63, 3.8) is 0 Å². The van der Waals surface area contributed by atoms with Crippen LogP contribution >= 0.6 is 0 Å². The van der Waals surface area contributed by atoms with Crippen LogP contribution in [0.15, 0.2) is 36.9 Å². The summed E-state index contributed by atoms with van der Waals surface area (Å²) in [6.07, 6.45) is 8.31. The third-order valence-corrected chi connectivity index (χ3v) is 6.49. The molecule has 0 atom stereocenters. The van der Waals surface area contributed by atoms with Gasteiger partial charge < -0.3 is 10.3 Å². The van der Waals surface area contributed by atoms with Gasteiger partial charge in [-0.15, -0.1) is 0 Å². The van der Waals surface area contributed by atoms with Crippen molar-refractivity contribution in [2.75, 3.05) is 0 Å². The average molecular weight is 417 g/mol. The number of aryl methyl sites for hydroxylation is 1. The van der Waals surface area contributed by atoms with Crippen LogP contribution in [-0.4, -0.2) is 35.6 Å². The largest absolute Gasteiger partial charge is 0.347 e. The Kier molecular flexibility index (Phi) is 3.77. The first kappa shape index (κ1) is 18.2. The summed E-state index contributed by atoms with van der Waals surface area (Å²) in [6.45, 7) is 0.169. The molecule has 3 aliphatic carbocycles. The van der Waals surface area contributed by atoms with Crippen LogP contribution in [0.25, 0.3) is 22.3 Å². The van der Waals surface area contributed by atoms with Crippen molar-refractivity contribution in [3.8, 4) is 11.1 Å². The van der Waals surface area contributed by atoms with E-state index in [4.69, 9.17) is 0 Å². The smallest absolute Gasteiger partial charge is 0.272 e. The molecule has 3 heterocycles. The van der Waals surface area contributed by atoms with E-state index in [1.807, 2.05) is 12.3 Å². The lowest BCUT2D eigenvalue weighted by Gasteiger charge is -2.60.